The van der Waals surface area contributed by atoms with Crippen molar-refractivity contribution in [2.24, 2.45) is 11.8 Å². The van der Waals surface area contributed by atoms with Crippen LogP contribution in [0.25, 0.3) is 0 Å². The summed E-state index contributed by atoms with van der Waals surface area (Å²) in [5.74, 6) is 0.728. The molecule has 0 N–H and O–H groups in total. The van der Waals surface area contributed by atoms with E-state index in [0.29, 0.717) is 44.9 Å². The molecule has 0 radical (unpaired) electrons. The second-order valence-electron chi connectivity index (χ2n) is 12.7. The molecule has 0 bridgehead atoms. The molecule has 1 saturated carbocycles. The molecule has 2 fully saturated rings. The van der Waals surface area contributed by atoms with Gasteiger partial charge in [0.05, 0.1) is 45.2 Å². The second kappa shape index (κ2) is 17.6. The molecule has 242 valence electrons. The van der Waals surface area contributed by atoms with Gasteiger partial charge in [0, 0.05) is 6.61 Å². The van der Waals surface area contributed by atoms with E-state index in [1.54, 1.807) is 0 Å². The molecule has 0 spiro atoms. The van der Waals surface area contributed by atoms with Crippen LogP contribution in [0.1, 0.15) is 54.4 Å². The Hall–Kier alpha value is -3.32. The van der Waals surface area contributed by atoms with Gasteiger partial charge in [-0.05, 0) is 53.4 Å². The van der Waals surface area contributed by atoms with Crippen molar-refractivity contribution in [2.75, 3.05) is 13.2 Å². The van der Waals surface area contributed by atoms with Gasteiger partial charge in [-0.25, -0.2) is 0 Å². The van der Waals surface area contributed by atoms with Crippen LogP contribution < -0.4 is 0 Å². The Bertz CT molecular complexity index is 1380. The highest BCUT2D eigenvalue weighted by Crippen LogP contribution is 2.42. The Kier molecular flexibility index (Phi) is 12.4. The van der Waals surface area contributed by atoms with E-state index in [-0.39, 0.29) is 24.4 Å². The van der Waals surface area contributed by atoms with Gasteiger partial charge >= 0.3 is 0 Å². The fourth-order valence-corrected chi connectivity index (χ4v) is 7.09. The quantitative estimate of drug-likeness (QED) is 0.126. The molecule has 46 heavy (non-hydrogen) atoms. The van der Waals surface area contributed by atoms with Crippen LogP contribution in [0.5, 0.6) is 0 Å². The lowest BCUT2D eigenvalue weighted by molar-refractivity contribution is -0.204. The third-order valence-electron chi connectivity index (χ3n) is 9.47. The molecule has 6 atom stereocenters. The van der Waals surface area contributed by atoms with Crippen LogP contribution in [0.2, 0.25) is 0 Å². The minimum absolute atomic E-state index is 0.195. The second-order valence-corrected chi connectivity index (χ2v) is 12.7. The van der Waals surface area contributed by atoms with E-state index >= 15 is 0 Å². The van der Waals surface area contributed by atoms with Crippen LogP contribution in [-0.2, 0) is 50.1 Å². The predicted molar refractivity (Wildman–Crippen MR) is 181 cm³/mol. The average Bonchev–Trinajstić information content (AvgIpc) is 3.13. The van der Waals surface area contributed by atoms with Gasteiger partial charge in [0.25, 0.3) is 0 Å². The van der Waals surface area contributed by atoms with Crippen molar-refractivity contribution in [1.82, 2.24) is 0 Å². The molecule has 5 nitrogen and oxygen atoms in total. The number of ether oxygens (including phenoxy) is 5. The fourth-order valence-electron chi connectivity index (χ4n) is 7.09. The van der Waals surface area contributed by atoms with Crippen LogP contribution in [-0.4, -0.2) is 37.6 Å². The molecule has 2 aliphatic rings. The van der Waals surface area contributed by atoms with Gasteiger partial charge < -0.3 is 23.7 Å². The molecule has 1 aliphatic heterocycles. The molecule has 4 aromatic rings. The van der Waals surface area contributed by atoms with Crippen molar-refractivity contribution >= 4 is 0 Å². The van der Waals surface area contributed by atoms with Crippen LogP contribution in [0.4, 0.5) is 0 Å². The first-order valence-corrected chi connectivity index (χ1v) is 17.0. The van der Waals surface area contributed by atoms with Crippen LogP contribution in [0, 0.1) is 11.8 Å². The van der Waals surface area contributed by atoms with Crippen molar-refractivity contribution in [3.05, 3.63) is 144 Å². The van der Waals surface area contributed by atoms with Crippen molar-refractivity contribution in [3.8, 4) is 0 Å². The molecule has 0 unspecified atom stereocenters. The summed E-state index contributed by atoms with van der Waals surface area (Å²) in [7, 11) is 0. The SMILES string of the molecule is c1ccc(COC[C@@H](OCc2ccccc2)[C@@H](OCc2ccccc2)[C@@H](OCc2ccccc2)[C@@H]2CCO[C@H]3CCCC[C@H]23)cc1. The molecule has 1 heterocycles. The van der Waals surface area contributed by atoms with Crippen molar-refractivity contribution in [1.29, 1.82) is 0 Å². The van der Waals surface area contributed by atoms with Crippen LogP contribution >= 0.6 is 0 Å². The molecular weight excluding hydrogens is 572 g/mol. The first-order chi connectivity index (χ1) is 22.8. The number of benzene rings is 4. The first kappa shape index (κ1) is 32.6. The molecular formula is C41H48O5. The fraction of sp³-hybridized carbons (Fsp3) is 0.415. The normalized spacial score (nSPS) is 21.6. The predicted octanol–water partition coefficient (Wildman–Crippen LogP) is 8.55. The maximum Gasteiger partial charge on any atom is 0.113 e. The maximum absolute atomic E-state index is 7.05. The van der Waals surface area contributed by atoms with Gasteiger partial charge in [0.15, 0.2) is 0 Å². The third-order valence-corrected chi connectivity index (χ3v) is 9.47. The van der Waals surface area contributed by atoms with Gasteiger partial charge in [-0.1, -0.05) is 134 Å². The van der Waals surface area contributed by atoms with Crippen molar-refractivity contribution < 1.29 is 23.7 Å². The zero-order valence-electron chi connectivity index (χ0n) is 26.8. The molecule has 0 amide bonds. The molecule has 6 rings (SSSR count). The number of fused-ring (bicyclic) bond motifs is 1. The van der Waals surface area contributed by atoms with Gasteiger partial charge in [-0.2, -0.15) is 0 Å². The van der Waals surface area contributed by atoms with Crippen molar-refractivity contribution in [2.45, 2.75) is 82.9 Å². The van der Waals surface area contributed by atoms with Crippen molar-refractivity contribution in [3.63, 3.8) is 0 Å². The van der Waals surface area contributed by atoms with Crippen LogP contribution in [0.15, 0.2) is 121 Å². The zero-order valence-corrected chi connectivity index (χ0v) is 26.8. The van der Waals surface area contributed by atoms with Gasteiger partial charge in [-0.3, -0.25) is 0 Å². The van der Waals surface area contributed by atoms with E-state index < -0.39 is 0 Å². The summed E-state index contributed by atoms with van der Waals surface area (Å²) in [6.07, 6.45) is 5.07. The number of hydrogen-bond acceptors (Lipinski definition) is 5. The Morgan fingerprint density at radius 2 is 1.04 bits per heavy atom. The highest BCUT2D eigenvalue weighted by molar-refractivity contribution is 5.16. The summed E-state index contributed by atoms with van der Waals surface area (Å²) in [6, 6.07) is 41.6. The smallest absolute Gasteiger partial charge is 0.113 e. The van der Waals surface area contributed by atoms with E-state index in [9.17, 15) is 0 Å². The maximum atomic E-state index is 7.05. The number of rotatable bonds is 16. The lowest BCUT2D eigenvalue weighted by Gasteiger charge is -2.47. The standard InChI is InChI=1S/C41H48O5/c1-5-15-32(16-6-1)27-42-31-39(44-28-33-17-7-2-8-18-33)41(46-30-35-21-11-4-12-22-35)40(45-29-34-19-9-3-10-20-34)37-25-26-43-38-24-14-13-23-36(37)38/h1-12,15-22,36-41H,13-14,23-31H2/t36-,37-,38+,39-,40+,41-/m1/s1. The van der Waals surface area contributed by atoms with Gasteiger partial charge in [0.1, 0.15) is 12.2 Å². The summed E-state index contributed by atoms with van der Waals surface area (Å²) in [4.78, 5) is 0. The summed E-state index contributed by atoms with van der Waals surface area (Å²) in [5.41, 5.74) is 4.54. The topological polar surface area (TPSA) is 46.2 Å². The number of hydrogen-bond donors (Lipinski definition) is 0. The highest BCUT2D eigenvalue weighted by atomic mass is 16.6. The zero-order chi connectivity index (χ0) is 31.2. The molecule has 0 aromatic heterocycles. The molecule has 5 heteroatoms. The Labute approximate surface area is 274 Å². The van der Waals surface area contributed by atoms with E-state index in [1.165, 1.54) is 12.8 Å². The lowest BCUT2D eigenvalue weighted by Crippen LogP contribution is -2.53. The van der Waals surface area contributed by atoms with E-state index in [0.717, 1.165) is 48.1 Å². The molecule has 1 saturated heterocycles. The first-order valence-electron chi connectivity index (χ1n) is 17.0. The van der Waals surface area contributed by atoms with Crippen LogP contribution in [0.3, 0.4) is 0 Å². The lowest BCUT2D eigenvalue weighted by atomic mass is 9.71. The highest BCUT2D eigenvalue weighted by Gasteiger charge is 2.45. The van der Waals surface area contributed by atoms with E-state index in [4.69, 9.17) is 23.7 Å². The minimum Gasteiger partial charge on any atom is -0.378 e. The summed E-state index contributed by atoms with van der Waals surface area (Å²) >= 11 is 0. The molecule has 4 aromatic carbocycles. The van der Waals surface area contributed by atoms with Gasteiger partial charge in [-0.15, -0.1) is 0 Å². The minimum atomic E-state index is -0.353. The summed E-state index contributed by atoms with van der Waals surface area (Å²) in [6.45, 7) is 3.11. The third kappa shape index (κ3) is 9.37. The average molecular weight is 621 g/mol. The van der Waals surface area contributed by atoms with E-state index in [1.807, 2.05) is 30.3 Å². The molecule has 1 aliphatic carbocycles. The Morgan fingerprint density at radius 3 is 1.63 bits per heavy atom. The largest absolute Gasteiger partial charge is 0.378 e. The van der Waals surface area contributed by atoms with E-state index in [2.05, 4.69) is 91.0 Å². The monoisotopic (exact) mass is 620 g/mol. The Balaban J connectivity index is 1.31. The summed E-state index contributed by atoms with van der Waals surface area (Å²) < 4.78 is 33.6. The van der Waals surface area contributed by atoms with Gasteiger partial charge in [0.2, 0.25) is 0 Å². The summed E-state index contributed by atoms with van der Waals surface area (Å²) in [5, 5.41) is 0. The Morgan fingerprint density at radius 1 is 0.543 bits per heavy atom.